The molecule has 0 aliphatic rings. The number of nitrogens with one attached hydrogen (secondary N) is 2. The number of hydrogen-bond acceptors (Lipinski definition) is 6. The lowest BCUT2D eigenvalue weighted by atomic mass is 10.0. The monoisotopic (exact) mass is 638 g/mol. The van der Waals surface area contributed by atoms with Crippen LogP contribution in [0.3, 0.4) is 0 Å². The highest BCUT2D eigenvalue weighted by Gasteiger charge is 2.34. The smallest absolute Gasteiger partial charge is 0.347 e. The second kappa shape index (κ2) is 11.0. The van der Waals surface area contributed by atoms with Gasteiger partial charge < -0.3 is 10.6 Å². The Balaban J connectivity index is 1.74. The Bertz CT molecular complexity index is 1590. The Morgan fingerprint density at radius 3 is 2.45 bits per heavy atom. The SMILES string of the molecule is Cc1cc(Br)cc(C(=O)NC(C)(C)C)c1NC(=O)c1cc(Cn2ncc(C(F)(F)F)n2)nn1-c1ncccc1Cl. The third-order valence-electron chi connectivity index (χ3n) is 5.33. The summed E-state index contributed by atoms with van der Waals surface area (Å²) in [4.78, 5) is 31.7. The van der Waals surface area contributed by atoms with Gasteiger partial charge in [0.15, 0.2) is 11.5 Å². The van der Waals surface area contributed by atoms with Gasteiger partial charge in [-0.25, -0.2) is 9.67 Å². The Morgan fingerprint density at radius 1 is 1.10 bits per heavy atom. The summed E-state index contributed by atoms with van der Waals surface area (Å²) in [6.07, 6.45) is -2.62. The van der Waals surface area contributed by atoms with Crippen LogP contribution in [-0.2, 0) is 12.7 Å². The first-order valence-electron chi connectivity index (χ1n) is 11.7. The lowest BCUT2D eigenvalue weighted by Gasteiger charge is -2.22. The van der Waals surface area contributed by atoms with Gasteiger partial charge in [0.25, 0.3) is 11.8 Å². The number of anilines is 1. The summed E-state index contributed by atoms with van der Waals surface area (Å²) >= 11 is 9.71. The number of pyridine rings is 1. The van der Waals surface area contributed by atoms with E-state index in [1.165, 1.54) is 16.9 Å². The van der Waals surface area contributed by atoms with E-state index in [0.717, 1.165) is 4.80 Å². The first kappa shape index (κ1) is 29.2. The minimum Gasteiger partial charge on any atom is -0.347 e. The third kappa shape index (κ3) is 6.67. The van der Waals surface area contributed by atoms with Crippen LogP contribution in [0.25, 0.3) is 5.82 Å². The molecule has 0 aliphatic carbocycles. The van der Waals surface area contributed by atoms with Crippen molar-refractivity contribution >= 4 is 45.0 Å². The molecular formula is C25H23BrClF3N8O2. The molecule has 3 heterocycles. The van der Waals surface area contributed by atoms with Gasteiger partial charge >= 0.3 is 6.18 Å². The molecule has 1 aromatic carbocycles. The van der Waals surface area contributed by atoms with Gasteiger partial charge in [-0.1, -0.05) is 27.5 Å². The number of nitrogens with zero attached hydrogens (tertiary/aromatic N) is 6. The van der Waals surface area contributed by atoms with Crippen LogP contribution in [0, 0.1) is 6.92 Å². The Kier molecular flexibility index (Phi) is 8.04. The van der Waals surface area contributed by atoms with Crippen molar-refractivity contribution in [3.8, 4) is 5.82 Å². The maximum atomic E-state index is 13.6. The maximum absolute atomic E-state index is 13.6. The molecule has 0 atom stereocenters. The molecule has 210 valence electrons. The van der Waals surface area contributed by atoms with E-state index >= 15 is 0 Å². The van der Waals surface area contributed by atoms with Crippen LogP contribution in [0.2, 0.25) is 5.02 Å². The summed E-state index contributed by atoms with van der Waals surface area (Å²) in [5.41, 5.74) is -0.492. The number of rotatable bonds is 6. The average Bonchev–Trinajstić information content (AvgIpc) is 3.47. The number of alkyl halides is 3. The number of aromatic nitrogens is 6. The van der Waals surface area contributed by atoms with Gasteiger partial charge in [0.1, 0.15) is 12.2 Å². The number of carbonyl (C=O) groups excluding carboxylic acids is 2. The van der Waals surface area contributed by atoms with E-state index < -0.39 is 29.2 Å². The molecule has 4 aromatic rings. The van der Waals surface area contributed by atoms with Gasteiger partial charge in [0.05, 0.1) is 28.2 Å². The van der Waals surface area contributed by atoms with Crippen molar-refractivity contribution in [1.29, 1.82) is 0 Å². The summed E-state index contributed by atoms with van der Waals surface area (Å²) in [5.74, 6) is -0.956. The van der Waals surface area contributed by atoms with E-state index in [2.05, 4.69) is 46.8 Å². The van der Waals surface area contributed by atoms with Crippen LogP contribution in [0.1, 0.15) is 58.6 Å². The highest BCUT2D eigenvalue weighted by Crippen LogP contribution is 2.29. The molecule has 0 bridgehead atoms. The Labute approximate surface area is 240 Å². The van der Waals surface area contributed by atoms with Gasteiger partial charge in [-0.3, -0.25) is 9.59 Å². The molecule has 10 nitrogen and oxygen atoms in total. The zero-order valence-corrected chi connectivity index (χ0v) is 24.0. The summed E-state index contributed by atoms with van der Waals surface area (Å²) in [5, 5.41) is 17.3. The zero-order chi connectivity index (χ0) is 29.4. The van der Waals surface area contributed by atoms with Gasteiger partial charge in [-0.15, -0.1) is 5.10 Å². The van der Waals surface area contributed by atoms with Crippen LogP contribution in [-0.4, -0.2) is 47.1 Å². The molecule has 0 unspecified atom stereocenters. The molecule has 0 radical (unpaired) electrons. The highest BCUT2D eigenvalue weighted by molar-refractivity contribution is 9.10. The highest BCUT2D eigenvalue weighted by atomic mass is 79.9. The fraction of sp³-hybridized carbons (Fsp3) is 0.280. The predicted octanol–water partition coefficient (Wildman–Crippen LogP) is 5.43. The van der Waals surface area contributed by atoms with Crippen molar-refractivity contribution in [2.75, 3.05) is 5.32 Å². The number of halogens is 5. The lowest BCUT2D eigenvalue weighted by Crippen LogP contribution is -2.41. The van der Waals surface area contributed by atoms with Crippen LogP contribution < -0.4 is 10.6 Å². The quantitative estimate of drug-likeness (QED) is 0.290. The number of aryl methyl sites for hydroxylation is 1. The van der Waals surface area contributed by atoms with E-state index in [4.69, 9.17) is 11.6 Å². The average molecular weight is 640 g/mol. The number of hydrogen-bond donors (Lipinski definition) is 2. The van der Waals surface area contributed by atoms with Crippen molar-refractivity contribution in [1.82, 2.24) is 35.1 Å². The summed E-state index contributed by atoms with van der Waals surface area (Å²) in [6, 6.07) is 7.83. The lowest BCUT2D eigenvalue weighted by molar-refractivity contribution is -0.141. The Morgan fingerprint density at radius 2 is 1.82 bits per heavy atom. The maximum Gasteiger partial charge on any atom is 0.436 e. The van der Waals surface area contributed by atoms with E-state index in [1.807, 2.05) is 20.8 Å². The van der Waals surface area contributed by atoms with Crippen molar-refractivity contribution in [3.63, 3.8) is 0 Å². The van der Waals surface area contributed by atoms with E-state index in [-0.39, 0.29) is 40.0 Å². The minimum atomic E-state index is -4.66. The van der Waals surface area contributed by atoms with Crippen LogP contribution in [0.5, 0.6) is 0 Å². The molecule has 4 rings (SSSR count). The molecule has 3 aromatic heterocycles. The fourth-order valence-electron chi connectivity index (χ4n) is 3.69. The molecule has 0 spiro atoms. The third-order valence-corrected chi connectivity index (χ3v) is 6.09. The minimum absolute atomic E-state index is 0.0386. The summed E-state index contributed by atoms with van der Waals surface area (Å²) in [6.45, 7) is 6.95. The van der Waals surface area contributed by atoms with Crippen molar-refractivity contribution in [2.24, 2.45) is 0 Å². The van der Waals surface area contributed by atoms with E-state index in [1.54, 1.807) is 31.2 Å². The van der Waals surface area contributed by atoms with Crippen molar-refractivity contribution < 1.29 is 22.8 Å². The number of amides is 2. The second-order valence-electron chi connectivity index (χ2n) is 9.80. The first-order chi connectivity index (χ1) is 18.6. The fourth-order valence-corrected chi connectivity index (χ4v) is 4.46. The predicted molar refractivity (Wildman–Crippen MR) is 145 cm³/mol. The Hall–Kier alpha value is -3.78. The second-order valence-corrected chi connectivity index (χ2v) is 11.1. The normalized spacial score (nSPS) is 11.9. The number of carbonyl (C=O) groups is 2. The molecule has 2 amide bonds. The molecule has 0 saturated heterocycles. The van der Waals surface area contributed by atoms with Crippen LogP contribution in [0.15, 0.2) is 47.2 Å². The zero-order valence-electron chi connectivity index (χ0n) is 21.6. The van der Waals surface area contributed by atoms with Crippen molar-refractivity contribution in [2.45, 2.75) is 46.0 Å². The molecule has 0 fully saturated rings. The van der Waals surface area contributed by atoms with E-state index in [0.29, 0.717) is 16.2 Å². The first-order valence-corrected chi connectivity index (χ1v) is 12.9. The largest absolute Gasteiger partial charge is 0.436 e. The topological polar surface area (TPSA) is 120 Å². The molecular weight excluding hydrogens is 617 g/mol. The van der Waals surface area contributed by atoms with Gasteiger partial charge in [-0.2, -0.15) is 28.2 Å². The molecule has 2 N–H and O–H groups in total. The van der Waals surface area contributed by atoms with Crippen molar-refractivity contribution in [3.05, 3.63) is 80.4 Å². The van der Waals surface area contributed by atoms with E-state index in [9.17, 15) is 22.8 Å². The van der Waals surface area contributed by atoms with Gasteiger partial charge in [0, 0.05) is 16.2 Å². The van der Waals surface area contributed by atoms with Gasteiger partial charge in [0.2, 0.25) is 0 Å². The standard InChI is InChI=1S/C25H23BrClF3N8O2/c1-13-8-14(26)9-16(22(39)34-24(2,3)4)20(13)33-23(40)18-10-15(12-37-32-11-19(36-37)25(28,29)30)35-38(18)21-17(27)6-5-7-31-21/h5-11H,12H2,1-4H3,(H,33,40)(H,34,39). The summed E-state index contributed by atoms with van der Waals surface area (Å²) < 4.78 is 40.8. The number of benzene rings is 1. The van der Waals surface area contributed by atoms with Crippen LogP contribution >= 0.6 is 27.5 Å². The molecule has 40 heavy (non-hydrogen) atoms. The van der Waals surface area contributed by atoms with Gasteiger partial charge in [-0.05, 0) is 63.6 Å². The molecule has 0 saturated carbocycles. The summed E-state index contributed by atoms with van der Waals surface area (Å²) in [7, 11) is 0. The van der Waals surface area contributed by atoms with Crippen LogP contribution in [0.4, 0.5) is 18.9 Å². The molecule has 15 heteroatoms. The molecule has 0 aliphatic heterocycles.